The summed E-state index contributed by atoms with van der Waals surface area (Å²) in [6.07, 6.45) is 2.05. The highest BCUT2D eigenvalue weighted by Crippen LogP contribution is 2.28. The van der Waals surface area contributed by atoms with E-state index in [0.29, 0.717) is 12.2 Å². The van der Waals surface area contributed by atoms with Crippen LogP contribution in [0.4, 0.5) is 0 Å². The first-order valence-electron chi connectivity index (χ1n) is 9.50. The van der Waals surface area contributed by atoms with Gasteiger partial charge in [0.25, 0.3) is 5.91 Å². The average molecular weight is 392 g/mol. The Morgan fingerprint density at radius 2 is 1.89 bits per heavy atom. The number of benzene rings is 1. The van der Waals surface area contributed by atoms with Crippen molar-refractivity contribution in [2.75, 3.05) is 19.6 Å². The maximum Gasteiger partial charge on any atom is 0.291 e. The minimum absolute atomic E-state index is 0.0198. The number of hydrazone groups is 1. The number of rotatable bonds is 3. The Bertz CT molecular complexity index is 1080. The van der Waals surface area contributed by atoms with E-state index in [2.05, 4.69) is 5.10 Å². The number of thiophene rings is 1. The van der Waals surface area contributed by atoms with Crippen molar-refractivity contribution in [2.45, 2.75) is 19.4 Å². The molecule has 1 fully saturated rings. The molecule has 0 bridgehead atoms. The molecule has 142 valence electrons. The Kier molecular flexibility index (Phi) is 4.24. The second-order valence-corrected chi connectivity index (χ2v) is 8.10. The molecule has 1 aromatic carbocycles. The lowest BCUT2D eigenvalue weighted by molar-refractivity contribution is -0.130. The standard InChI is InChI=1S/C21H20N4O2S/c26-20(23-9-4-5-10-23)14-25-21(27)18-12-19-17(8-11-28-19)24(18)13-16(22-25)15-6-2-1-3-7-15/h1-3,6-8,11-12H,4-5,9-10,13-14H2. The van der Waals surface area contributed by atoms with Crippen molar-refractivity contribution in [2.24, 2.45) is 5.10 Å². The molecule has 5 rings (SSSR count). The van der Waals surface area contributed by atoms with E-state index in [0.717, 1.165) is 47.4 Å². The van der Waals surface area contributed by atoms with Crippen molar-refractivity contribution in [3.05, 3.63) is 59.1 Å². The van der Waals surface area contributed by atoms with Crippen LogP contribution in [0.3, 0.4) is 0 Å². The molecule has 2 amide bonds. The first-order chi connectivity index (χ1) is 13.7. The summed E-state index contributed by atoms with van der Waals surface area (Å²) in [5.41, 5.74) is 3.36. The SMILES string of the molecule is O=C(CN1N=C(c2ccccc2)Cn2c(cc3sccc32)C1=O)N1CCCC1. The predicted molar refractivity (Wildman–Crippen MR) is 110 cm³/mol. The zero-order chi connectivity index (χ0) is 19.1. The molecule has 0 radical (unpaired) electrons. The fraction of sp³-hybridized carbons (Fsp3) is 0.286. The molecule has 1 saturated heterocycles. The third kappa shape index (κ3) is 2.92. The molecule has 0 aliphatic carbocycles. The van der Waals surface area contributed by atoms with Gasteiger partial charge in [0.2, 0.25) is 5.91 Å². The van der Waals surface area contributed by atoms with Crippen molar-refractivity contribution >= 4 is 39.1 Å². The fourth-order valence-electron chi connectivity index (χ4n) is 3.91. The number of amides is 2. The van der Waals surface area contributed by atoms with E-state index >= 15 is 0 Å². The molecule has 2 aromatic heterocycles. The van der Waals surface area contributed by atoms with Crippen molar-refractivity contribution in [3.8, 4) is 0 Å². The van der Waals surface area contributed by atoms with Crippen LogP contribution in [-0.2, 0) is 11.3 Å². The zero-order valence-corrected chi connectivity index (χ0v) is 16.2. The van der Waals surface area contributed by atoms with Gasteiger partial charge < -0.3 is 9.47 Å². The van der Waals surface area contributed by atoms with E-state index in [9.17, 15) is 9.59 Å². The molecular weight excluding hydrogens is 372 g/mol. The van der Waals surface area contributed by atoms with Crippen LogP contribution < -0.4 is 0 Å². The van der Waals surface area contributed by atoms with Crippen LogP contribution in [0.25, 0.3) is 10.2 Å². The molecule has 0 spiro atoms. The number of carbonyl (C=O) groups is 2. The molecule has 2 aliphatic heterocycles. The van der Waals surface area contributed by atoms with Crippen LogP contribution in [0.5, 0.6) is 0 Å². The Morgan fingerprint density at radius 3 is 2.68 bits per heavy atom. The van der Waals surface area contributed by atoms with Crippen LogP contribution >= 0.6 is 11.3 Å². The molecular formula is C21H20N4O2S. The number of hydrogen-bond acceptors (Lipinski definition) is 4. The molecule has 6 nitrogen and oxygen atoms in total. The van der Waals surface area contributed by atoms with E-state index < -0.39 is 0 Å². The van der Waals surface area contributed by atoms with E-state index in [1.807, 2.05) is 57.3 Å². The molecule has 3 aromatic rings. The number of likely N-dealkylation sites (tertiary alicyclic amines) is 1. The highest BCUT2D eigenvalue weighted by molar-refractivity contribution is 7.17. The first kappa shape index (κ1) is 17.2. The summed E-state index contributed by atoms with van der Waals surface area (Å²) in [5, 5.41) is 8.03. The third-order valence-corrected chi connectivity index (χ3v) is 6.23. The van der Waals surface area contributed by atoms with Crippen LogP contribution in [0.15, 0.2) is 52.9 Å². The number of nitrogens with zero attached hydrogens (tertiary/aromatic N) is 4. The smallest absolute Gasteiger partial charge is 0.291 e. The van der Waals surface area contributed by atoms with Gasteiger partial charge in [-0.25, -0.2) is 5.01 Å². The van der Waals surface area contributed by atoms with Gasteiger partial charge in [0.15, 0.2) is 0 Å². The second kappa shape index (κ2) is 6.91. The van der Waals surface area contributed by atoms with Gasteiger partial charge in [0.05, 0.1) is 22.5 Å². The largest absolute Gasteiger partial charge is 0.341 e. The first-order valence-corrected chi connectivity index (χ1v) is 10.4. The molecule has 0 atom stereocenters. The van der Waals surface area contributed by atoms with Gasteiger partial charge in [-0.1, -0.05) is 30.3 Å². The van der Waals surface area contributed by atoms with E-state index in [1.54, 1.807) is 11.3 Å². The van der Waals surface area contributed by atoms with Crippen LogP contribution in [0.2, 0.25) is 0 Å². The molecule has 0 saturated carbocycles. The number of carbonyl (C=O) groups excluding carboxylic acids is 2. The molecule has 7 heteroatoms. The Balaban J connectivity index is 1.57. The lowest BCUT2D eigenvalue weighted by atomic mass is 10.1. The monoisotopic (exact) mass is 392 g/mol. The van der Waals surface area contributed by atoms with E-state index in [4.69, 9.17) is 0 Å². The number of hydrogen-bond donors (Lipinski definition) is 0. The Hall–Kier alpha value is -2.93. The van der Waals surface area contributed by atoms with E-state index in [-0.39, 0.29) is 18.4 Å². The molecule has 0 unspecified atom stereocenters. The summed E-state index contributed by atoms with van der Waals surface area (Å²) in [5.74, 6) is -0.259. The van der Waals surface area contributed by atoms with Gasteiger partial charge >= 0.3 is 0 Å². The summed E-state index contributed by atoms with van der Waals surface area (Å²) < 4.78 is 3.09. The van der Waals surface area contributed by atoms with Crippen LogP contribution in [0, 0.1) is 0 Å². The quantitative estimate of drug-likeness (QED) is 0.687. The van der Waals surface area contributed by atoms with Crippen molar-refractivity contribution in [1.29, 1.82) is 0 Å². The lowest BCUT2D eigenvalue weighted by Gasteiger charge is -2.20. The second-order valence-electron chi connectivity index (χ2n) is 7.15. The maximum absolute atomic E-state index is 13.3. The van der Waals surface area contributed by atoms with Gasteiger partial charge in [0.1, 0.15) is 12.2 Å². The van der Waals surface area contributed by atoms with Gasteiger partial charge in [-0.2, -0.15) is 5.10 Å². The zero-order valence-electron chi connectivity index (χ0n) is 15.4. The average Bonchev–Trinajstić information content (AvgIpc) is 3.44. The van der Waals surface area contributed by atoms with Crippen LogP contribution in [0.1, 0.15) is 28.9 Å². The highest BCUT2D eigenvalue weighted by atomic mass is 32.1. The molecule has 0 N–H and O–H groups in total. The molecule has 4 heterocycles. The summed E-state index contributed by atoms with van der Waals surface area (Å²) in [7, 11) is 0. The van der Waals surface area contributed by atoms with Crippen molar-refractivity contribution < 1.29 is 9.59 Å². The van der Waals surface area contributed by atoms with Crippen molar-refractivity contribution in [1.82, 2.24) is 14.5 Å². The summed E-state index contributed by atoms with van der Waals surface area (Å²) in [4.78, 5) is 27.8. The highest BCUT2D eigenvalue weighted by Gasteiger charge is 2.30. The van der Waals surface area contributed by atoms with Crippen LogP contribution in [-0.4, -0.2) is 51.6 Å². The molecule has 28 heavy (non-hydrogen) atoms. The Morgan fingerprint density at radius 1 is 1.11 bits per heavy atom. The fourth-order valence-corrected chi connectivity index (χ4v) is 4.73. The topological polar surface area (TPSA) is 57.9 Å². The summed E-state index contributed by atoms with van der Waals surface area (Å²) in [6.45, 7) is 2.01. The minimum Gasteiger partial charge on any atom is -0.341 e. The number of aromatic nitrogens is 1. The lowest BCUT2D eigenvalue weighted by Crippen LogP contribution is -2.39. The Labute approximate surface area is 166 Å². The van der Waals surface area contributed by atoms with Gasteiger partial charge in [0, 0.05) is 13.1 Å². The van der Waals surface area contributed by atoms with E-state index in [1.165, 1.54) is 5.01 Å². The number of fused-ring (bicyclic) bond motifs is 3. The summed E-state index contributed by atoms with van der Waals surface area (Å²) in [6, 6.07) is 13.8. The van der Waals surface area contributed by atoms with Gasteiger partial charge in [-0.3, -0.25) is 9.59 Å². The maximum atomic E-state index is 13.3. The normalized spacial score (nSPS) is 17.0. The minimum atomic E-state index is -0.220. The van der Waals surface area contributed by atoms with Gasteiger partial charge in [-0.05, 0) is 35.9 Å². The molecule has 2 aliphatic rings. The van der Waals surface area contributed by atoms with Gasteiger partial charge in [-0.15, -0.1) is 11.3 Å². The summed E-state index contributed by atoms with van der Waals surface area (Å²) >= 11 is 1.62. The predicted octanol–water partition coefficient (Wildman–Crippen LogP) is 3.19. The third-order valence-electron chi connectivity index (χ3n) is 5.38. The van der Waals surface area contributed by atoms with Crippen molar-refractivity contribution in [3.63, 3.8) is 0 Å².